The van der Waals surface area contributed by atoms with E-state index in [1.165, 1.54) is 0 Å². The Hall–Kier alpha value is 0.240. The zero-order valence-electron chi connectivity index (χ0n) is 5.39. The topological polar surface area (TPSA) is 12.0 Å². The SMILES string of the molecule is CSC(=S)NC(C)C. The molecule has 0 heterocycles. The average Bonchev–Trinajstić information content (AvgIpc) is 1.65. The van der Waals surface area contributed by atoms with Gasteiger partial charge in [-0.05, 0) is 20.1 Å². The first-order valence-electron chi connectivity index (χ1n) is 2.51. The summed E-state index contributed by atoms with van der Waals surface area (Å²) in [5, 5.41) is 3.09. The van der Waals surface area contributed by atoms with Crippen molar-refractivity contribution in [2.75, 3.05) is 6.26 Å². The highest BCUT2D eigenvalue weighted by Gasteiger charge is 1.92. The number of thiocarbonyl (C=S) groups is 1. The lowest BCUT2D eigenvalue weighted by atomic mass is 10.4. The van der Waals surface area contributed by atoms with Crippen LogP contribution in [0, 0.1) is 0 Å². The van der Waals surface area contributed by atoms with Crippen molar-refractivity contribution in [1.29, 1.82) is 0 Å². The summed E-state index contributed by atoms with van der Waals surface area (Å²) in [5.74, 6) is 0. The fourth-order valence-corrected chi connectivity index (χ4v) is 0.884. The van der Waals surface area contributed by atoms with Crippen LogP contribution in [0.25, 0.3) is 0 Å². The molecule has 1 nitrogen and oxygen atoms in total. The third-order valence-electron chi connectivity index (χ3n) is 0.592. The Labute approximate surface area is 60.2 Å². The molecule has 0 aromatic heterocycles. The molecule has 0 fully saturated rings. The van der Waals surface area contributed by atoms with Crippen LogP contribution in [0.5, 0.6) is 0 Å². The van der Waals surface area contributed by atoms with E-state index in [1.54, 1.807) is 11.8 Å². The molecule has 0 amide bonds. The molecule has 0 aliphatic rings. The van der Waals surface area contributed by atoms with Crippen LogP contribution in [-0.4, -0.2) is 16.6 Å². The number of hydrogen-bond donors (Lipinski definition) is 1. The van der Waals surface area contributed by atoms with Crippen LogP contribution in [0.3, 0.4) is 0 Å². The third-order valence-corrected chi connectivity index (χ3v) is 1.70. The second-order valence-corrected chi connectivity index (χ2v) is 3.27. The Balaban J connectivity index is 3.25. The highest BCUT2D eigenvalue weighted by atomic mass is 32.2. The summed E-state index contributed by atoms with van der Waals surface area (Å²) in [6, 6.07) is 0.468. The zero-order chi connectivity index (χ0) is 6.57. The molecule has 0 atom stereocenters. The van der Waals surface area contributed by atoms with Gasteiger partial charge in [-0.25, -0.2) is 0 Å². The van der Waals surface area contributed by atoms with Gasteiger partial charge in [-0.3, -0.25) is 0 Å². The lowest BCUT2D eigenvalue weighted by Gasteiger charge is -2.06. The minimum atomic E-state index is 0.468. The standard InChI is InChI=1S/C5H11NS2/c1-4(2)6-5(7)8-3/h4H,1-3H3,(H,6,7). The van der Waals surface area contributed by atoms with Gasteiger partial charge in [-0.15, -0.1) is 11.8 Å². The maximum Gasteiger partial charge on any atom is 0.133 e. The molecule has 0 spiro atoms. The van der Waals surface area contributed by atoms with E-state index < -0.39 is 0 Å². The molecule has 0 rings (SSSR count). The van der Waals surface area contributed by atoms with E-state index in [0.29, 0.717) is 6.04 Å². The fourth-order valence-electron chi connectivity index (χ4n) is 0.295. The predicted octanol–water partition coefficient (Wildman–Crippen LogP) is 1.63. The van der Waals surface area contributed by atoms with Crippen LogP contribution in [-0.2, 0) is 0 Å². The van der Waals surface area contributed by atoms with Gasteiger partial charge in [-0.2, -0.15) is 0 Å². The lowest BCUT2D eigenvalue weighted by molar-refractivity contribution is 0.746. The average molecular weight is 149 g/mol. The van der Waals surface area contributed by atoms with E-state index in [4.69, 9.17) is 12.2 Å². The van der Waals surface area contributed by atoms with Crippen molar-refractivity contribution in [3.8, 4) is 0 Å². The van der Waals surface area contributed by atoms with Gasteiger partial charge in [0.2, 0.25) is 0 Å². The molecule has 0 aliphatic heterocycles. The summed E-state index contributed by atoms with van der Waals surface area (Å²) < 4.78 is 0.875. The van der Waals surface area contributed by atoms with Crippen molar-refractivity contribution in [3.63, 3.8) is 0 Å². The Morgan fingerprint density at radius 1 is 1.62 bits per heavy atom. The van der Waals surface area contributed by atoms with Gasteiger partial charge in [-0.1, -0.05) is 12.2 Å². The van der Waals surface area contributed by atoms with Crippen molar-refractivity contribution in [2.45, 2.75) is 19.9 Å². The summed E-state index contributed by atoms with van der Waals surface area (Å²) in [6.45, 7) is 4.14. The smallest absolute Gasteiger partial charge is 0.133 e. The van der Waals surface area contributed by atoms with Crippen molar-refractivity contribution in [3.05, 3.63) is 0 Å². The summed E-state index contributed by atoms with van der Waals surface area (Å²) in [7, 11) is 0. The molecular weight excluding hydrogens is 138 g/mol. The minimum absolute atomic E-state index is 0.468. The van der Waals surface area contributed by atoms with Crippen LogP contribution < -0.4 is 5.32 Å². The highest BCUT2D eigenvalue weighted by molar-refractivity contribution is 8.22. The second-order valence-electron chi connectivity index (χ2n) is 1.79. The van der Waals surface area contributed by atoms with Gasteiger partial charge < -0.3 is 5.32 Å². The maximum atomic E-state index is 4.88. The van der Waals surface area contributed by atoms with E-state index in [1.807, 2.05) is 6.26 Å². The molecule has 0 unspecified atom stereocenters. The van der Waals surface area contributed by atoms with E-state index >= 15 is 0 Å². The fraction of sp³-hybridized carbons (Fsp3) is 0.800. The molecule has 0 saturated heterocycles. The molecule has 48 valence electrons. The molecule has 0 aromatic rings. The molecule has 0 aromatic carbocycles. The summed E-state index contributed by atoms with van der Waals surface area (Å²) in [6.07, 6.45) is 1.97. The Kier molecular flexibility index (Phi) is 4.28. The quantitative estimate of drug-likeness (QED) is 0.569. The van der Waals surface area contributed by atoms with Gasteiger partial charge in [0.25, 0.3) is 0 Å². The molecule has 0 aliphatic carbocycles. The van der Waals surface area contributed by atoms with E-state index in [2.05, 4.69) is 19.2 Å². The van der Waals surface area contributed by atoms with Gasteiger partial charge >= 0.3 is 0 Å². The molecule has 0 saturated carbocycles. The molecule has 8 heavy (non-hydrogen) atoms. The largest absolute Gasteiger partial charge is 0.369 e. The van der Waals surface area contributed by atoms with Crippen LogP contribution >= 0.6 is 24.0 Å². The Morgan fingerprint density at radius 2 is 2.12 bits per heavy atom. The number of hydrogen-bond acceptors (Lipinski definition) is 2. The van der Waals surface area contributed by atoms with E-state index in [0.717, 1.165) is 4.32 Å². The number of rotatable bonds is 1. The lowest BCUT2D eigenvalue weighted by Crippen LogP contribution is -2.25. The minimum Gasteiger partial charge on any atom is -0.369 e. The van der Waals surface area contributed by atoms with E-state index in [9.17, 15) is 0 Å². The summed E-state index contributed by atoms with van der Waals surface area (Å²) in [5.41, 5.74) is 0. The van der Waals surface area contributed by atoms with Gasteiger partial charge in [0.1, 0.15) is 4.32 Å². The molecule has 0 radical (unpaired) electrons. The summed E-state index contributed by atoms with van der Waals surface area (Å²) >= 11 is 6.46. The first-order valence-corrected chi connectivity index (χ1v) is 4.14. The van der Waals surface area contributed by atoms with Gasteiger partial charge in [0.15, 0.2) is 0 Å². The van der Waals surface area contributed by atoms with E-state index in [-0.39, 0.29) is 0 Å². The van der Waals surface area contributed by atoms with Gasteiger partial charge in [0, 0.05) is 6.04 Å². The first-order chi connectivity index (χ1) is 3.66. The number of thioether (sulfide) groups is 1. The van der Waals surface area contributed by atoms with Crippen LogP contribution in [0.4, 0.5) is 0 Å². The van der Waals surface area contributed by atoms with Crippen molar-refractivity contribution < 1.29 is 0 Å². The Bertz CT molecular complexity index is 80.5. The van der Waals surface area contributed by atoms with Crippen LogP contribution in [0.1, 0.15) is 13.8 Å². The summed E-state index contributed by atoms with van der Waals surface area (Å²) in [4.78, 5) is 0. The van der Waals surface area contributed by atoms with Gasteiger partial charge in [0.05, 0.1) is 0 Å². The second kappa shape index (κ2) is 4.15. The Morgan fingerprint density at radius 3 is 2.25 bits per heavy atom. The predicted molar refractivity (Wildman–Crippen MR) is 44.4 cm³/mol. The molecular formula is C5H11NS2. The monoisotopic (exact) mass is 149 g/mol. The third kappa shape index (κ3) is 4.40. The molecule has 1 N–H and O–H groups in total. The van der Waals surface area contributed by atoms with Crippen molar-refractivity contribution in [1.82, 2.24) is 5.32 Å². The van der Waals surface area contributed by atoms with Crippen LogP contribution in [0.2, 0.25) is 0 Å². The molecule has 0 bridgehead atoms. The maximum absolute atomic E-state index is 4.88. The first kappa shape index (κ1) is 8.24. The highest BCUT2D eigenvalue weighted by Crippen LogP contribution is 1.94. The van der Waals surface area contributed by atoms with Crippen molar-refractivity contribution >= 4 is 28.3 Å². The van der Waals surface area contributed by atoms with Crippen LogP contribution in [0.15, 0.2) is 0 Å². The number of nitrogens with one attached hydrogen (secondary N) is 1. The normalized spacial score (nSPS) is 9.50. The molecule has 3 heteroatoms. The van der Waals surface area contributed by atoms with Crippen molar-refractivity contribution in [2.24, 2.45) is 0 Å². The zero-order valence-corrected chi connectivity index (χ0v) is 7.03.